The molecule has 4 fully saturated rings. The van der Waals surface area contributed by atoms with E-state index >= 15 is 0 Å². The van der Waals surface area contributed by atoms with Crippen LogP contribution in [0.3, 0.4) is 0 Å². The zero-order valence-electron chi connectivity index (χ0n) is 12.3. The van der Waals surface area contributed by atoms with Gasteiger partial charge in [-0.2, -0.15) is 0 Å². The van der Waals surface area contributed by atoms with Crippen LogP contribution in [0.5, 0.6) is 0 Å². The Morgan fingerprint density at radius 2 is 1.42 bits per heavy atom. The molecule has 106 valence electrons. The van der Waals surface area contributed by atoms with E-state index < -0.39 is 0 Å². The Balaban J connectivity index is 1.54. The SMILES string of the molecule is CC1CCC2C(CCC3C4CC(=O)CC4CCC23)C1. The normalized spacial score (nSPS) is 53.3. The van der Waals surface area contributed by atoms with Crippen LogP contribution in [-0.2, 0) is 4.79 Å². The summed E-state index contributed by atoms with van der Waals surface area (Å²) in [7, 11) is 0. The van der Waals surface area contributed by atoms with Gasteiger partial charge in [-0.3, -0.25) is 4.79 Å². The zero-order valence-corrected chi connectivity index (χ0v) is 12.3. The highest BCUT2D eigenvalue weighted by Gasteiger charge is 2.50. The second-order valence-corrected chi connectivity index (χ2v) is 8.20. The molecule has 0 spiro atoms. The highest BCUT2D eigenvalue weighted by atomic mass is 16.1. The van der Waals surface area contributed by atoms with E-state index in [4.69, 9.17) is 0 Å². The van der Waals surface area contributed by atoms with Gasteiger partial charge in [0.15, 0.2) is 0 Å². The number of ketones is 1. The summed E-state index contributed by atoms with van der Waals surface area (Å²) in [6.45, 7) is 2.45. The molecule has 0 heterocycles. The van der Waals surface area contributed by atoms with E-state index in [2.05, 4.69) is 6.92 Å². The minimum atomic E-state index is 0.579. The van der Waals surface area contributed by atoms with Crippen LogP contribution in [0.25, 0.3) is 0 Å². The number of carbonyl (C=O) groups is 1. The molecular formula is C18H28O. The van der Waals surface area contributed by atoms with Gasteiger partial charge in [0.2, 0.25) is 0 Å². The van der Waals surface area contributed by atoms with Crippen LogP contribution >= 0.6 is 0 Å². The van der Waals surface area contributed by atoms with Crippen molar-refractivity contribution in [3.05, 3.63) is 0 Å². The summed E-state index contributed by atoms with van der Waals surface area (Å²) in [6.07, 6.45) is 12.1. The molecule has 4 saturated carbocycles. The number of Topliss-reactive ketones (excluding diaryl/α,β-unsaturated/α-hetero) is 1. The van der Waals surface area contributed by atoms with Gasteiger partial charge >= 0.3 is 0 Å². The van der Waals surface area contributed by atoms with Crippen molar-refractivity contribution in [2.75, 3.05) is 0 Å². The minimum absolute atomic E-state index is 0.579. The molecule has 1 nitrogen and oxygen atoms in total. The molecule has 19 heavy (non-hydrogen) atoms. The molecule has 0 aromatic carbocycles. The van der Waals surface area contributed by atoms with E-state index in [-0.39, 0.29) is 0 Å². The van der Waals surface area contributed by atoms with Crippen LogP contribution in [0.15, 0.2) is 0 Å². The standard InChI is InChI=1S/C18H28O/c1-11-2-5-15-12(8-11)3-7-17-16(15)6-4-13-9-14(19)10-18(13)17/h11-13,15-18H,2-10H2,1H3. The number of hydrogen-bond acceptors (Lipinski definition) is 1. The van der Waals surface area contributed by atoms with Crippen molar-refractivity contribution < 1.29 is 4.79 Å². The Bertz CT molecular complexity index is 374. The van der Waals surface area contributed by atoms with Crippen LogP contribution in [0.1, 0.15) is 64.7 Å². The van der Waals surface area contributed by atoms with Crippen molar-refractivity contribution in [3.63, 3.8) is 0 Å². The van der Waals surface area contributed by atoms with E-state index in [1.54, 1.807) is 0 Å². The Morgan fingerprint density at radius 3 is 2.26 bits per heavy atom. The zero-order chi connectivity index (χ0) is 13.0. The van der Waals surface area contributed by atoms with E-state index in [1.165, 1.54) is 44.9 Å². The maximum Gasteiger partial charge on any atom is 0.133 e. The van der Waals surface area contributed by atoms with Gasteiger partial charge in [0, 0.05) is 12.8 Å². The summed E-state index contributed by atoms with van der Waals surface area (Å²) in [5.41, 5.74) is 0. The van der Waals surface area contributed by atoms with Gasteiger partial charge in [-0.1, -0.05) is 13.3 Å². The Morgan fingerprint density at radius 1 is 0.737 bits per heavy atom. The number of fused-ring (bicyclic) bond motifs is 5. The molecule has 0 aliphatic heterocycles. The van der Waals surface area contributed by atoms with Gasteiger partial charge in [-0.05, 0) is 80.0 Å². The van der Waals surface area contributed by atoms with Crippen molar-refractivity contribution in [2.24, 2.45) is 41.4 Å². The second kappa shape index (κ2) is 4.60. The molecule has 0 radical (unpaired) electrons. The van der Waals surface area contributed by atoms with Crippen LogP contribution in [0, 0.1) is 41.4 Å². The molecule has 4 aliphatic rings. The third-order valence-electron chi connectivity index (χ3n) is 7.25. The van der Waals surface area contributed by atoms with Crippen molar-refractivity contribution in [1.29, 1.82) is 0 Å². The molecule has 0 bridgehead atoms. The first kappa shape index (κ1) is 12.4. The first-order valence-electron chi connectivity index (χ1n) is 8.74. The van der Waals surface area contributed by atoms with Gasteiger partial charge < -0.3 is 0 Å². The van der Waals surface area contributed by atoms with Crippen LogP contribution < -0.4 is 0 Å². The van der Waals surface area contributed by atoms with Crippen LogP contribution in [0.4, 0.5) is 0 Å². The van der Waals surface area contributed by atoms with Crippen molar-refractivity contribution in [3.8, 4) is 0 Å². The smallest absolute Gasteiger partial charge is 0.133 e. The molecular weight excluding hydrogens is 232 g/mol. The number of rotatable bonds is 0. The molecule has 0 N–H and O–H groups in total. The quantitative estimate of drug-likeness (QED) is 0.628. The second-order valence-electron chi connectivity index (χ2n) is 8.20. The van der Waals surface area contributed by atoms with Gasteiger partial charge in [0.05, 0.1) is 0 Å². The van der Waals surface area contributed by atoms with Gasteiger partial charge in [-0.15, -0.1) is 0 Å². The first-order valence-corrected chi connectivity index (χ1v) is 8.74. The van der Waals surface area contributed by atoms with E-state index in [1.807, 2.05) is 0 Å². The van der Waals surface area contributed by atoms with E-state index in [0.717, 1.165) is 54.3 Å². The largest absolute Gasteiger partial charge is 0.300 e. The summed E-state index contributed by atoms with van der Waals surface area (Å²) in [5.74, 6) is 7.14. The Hall–Kier alpha value is -0.330. The maximum absolute atomic E-state index is 11.8. The summed E-state index contributed by atoms with van der Waals surface area (Å²) >= 11 is 0. The monoisotopic (exact) mass is 260 g/mol. The molecule has 4 rings (SSSR count). The fourth-order valence-corrected chi connectivity index (χ4v) is 6.50. The fraction of sp³-hybridized carbons (Fsp3) is 0.944. The minimum Gasteiger partial charge on any atom is -0.300 e. The average Bonchev–Trinajstić information content (AvgIpc) is 2.78. The molecule has 7 unspecified atom stereocenters. The lowest BCUT2D eigenvalue weighted by Crippen LogP contribution is -2.44. The lowest BCUT2D eigenvalue weighted by Gasteiger charge is -2.52. The lowest BCUT2D eigenvalue weighted by molar-refractivity contribution is -0.117. The molecule has 7 atom stereocenters. The van der Waals surface area contributed by atoms with E-state index in [0.29, 0.717) is 5.78 Å². The topological polar surface area (TPSA) is 17.1 Å². The third kappa shape index (κ3) is 1.99. The Kier molecular flexibility index (Phi) is 3.01. The summed E-state index contributed by atoms with van der Waals surface area (Å²) in [5, 5.41) is 0. The van der Waals surface area contributed by atoms with Crippen molar-refractivity contribution in [2.45, 2.75) is 64.7 Å². The predicted molar refractivity (Wildman–Crippen MR) is 76.7 cm³/mol. The molecule has 0 aromatic rings. The molecule has 0 amide bonds. The average molecular weight is 260 g/mol. The van der Waals surface area contributed by atoms with Crippen molar-refractivity contribution in [1.82, 2.24) is 0 Å². The lowest BCUT2D eigenvalue weighted by atomic mass is 9.53. The highest BCUT2D eigenvalue weighted by molar-refractivity contribution is 5.81. The molecule has 4 aliphatic carbocycles. The van der Waals surface area contributed by atoms with Gasteiger partial charge in [-0.25, -0.2) is 0 Å². The molecule has 0 saturated heterocycles. The summed E-state index contributed by atoms with van der Waals surface area (Å²) < 4.78 is 0. The van der Waals surface area contributed by atoms with Crippen LogP contribution in [-0.4, -0.2) is 5.78 Å². The number of hydrogen-bond donors (Lipinski definition) is 0. The summed E-state index contributed by atoms with van der Waals surface area (Å²) in [6, 6.07) is 0. The number of carbonyl (C=O) groups excluding carboxylic acids is 1. The summed E-state index contributed by atoms with van der Waals surface area (Å²) in [4.78, 5) is 11.8. The fourth-order valence-electron chi connectivity index (χ4n) is 6.50. The van der Waals surface area contributed by atoms with Gasteiger partial charge in [0.1, 0.15) is 5.78 Å². The van der Waals surface area contributed by atoms with Crippen LogP contribution in [0.2, 0.25) is 0 Å². The highest BCUT2D eigenvalue weighted by Crippen LogP contribution is 2.57. The molecule has 0 aromatic heterocycles. The van der Waals surface area contributed by atoms with Gasteiger partial charge in [0.25, 0.3) is 0 Å². The predicted octanol–water partition coefficient (Wildman–Crippen LogP) is 4.45. The van der Waals surface area contributed by atoms with E-state index in [9.17, 15) is 4.79 Å². The molecule has 1 heteroatoms. The maximum atomic E-state index is 11.8. The first-order chi connectivity index (χ1) is 9.22. The van der Waals surface area contributed by atoms with Crippen molar-refractivity contribution >= 4 is 5.78 Å². The third-order valence-corrected chi connectivity index (χ3v) is 7.25. The Labute approximate surface area is 117 Å².